The van der Waals surface area contributed by atoms with Gasteiger partial charge in [-0.15, -0.1) is 11.3 Å². The maximum Gasteiger partial charge on any atom is 0.165 e. The van der Waals surface area contributed by atoms with Crippen molar-refractivity contribution in [3.8, 4) is 34.2 Å². The summed E-state index contributed by atoms with van der Waals surface area (Å²) in [4.78, 5) is 15.6. The van der Waals surface area contributed by atoms with Crippen molar-refractivity contribution in [3.63, 3.8) is 0 Å². The summed E-state index contributed by atoms with van der Waals surface area (Å²) in [7, 11) is 0. The molecule has 2 heterocycles. The number of benzene rings is 8. The Morgan fingerprint density at radius 1 is 0.340 bits per heavy atom. The lowest BCUT2D eigenvalue weighted by Gasteiger charge is -2.13. The van der Waals surface area contributed by atoms with Gasteiger partial charge in [-0.2, -0.15) is 0 Å². The fraction of sp³-hybridized carbons (Fsp3) is 0. The number of thiophene rings is 1. The average Bonchev–Trinajstić information content (AvgIpc) is 3.53. The third-order valence-corrected chi connectivity index (χ3v) is 10.5. The summed E-state index contributed by atoms with van der Waals surface area (Å²) in [6, 6.07) is 53.9. The fourth-order valence-corrected chi connectivity index (χ4v) is 8.26. The number of rotatable bonds is 3. The molecule has 47 heavy (non-hydrogen) atoms. The number of hydrogen-bond donors (Lipinski definition) is 0. The predicted molar refractivity (Wildman–Crippen MR) is 199 cm³/mol. The van der Waals surface area contributed by atoms with Crippen molar-refractivity contribution >= 4 is 74.6 Å². The Bertz CT molecular complexity index is 2870. The van der Waals surface area contributed by atoms with E-state index in [1.54, 1.807) is 11.3 Å². The van der Waals surface area contributed by atoms with Gasteiger partial charge >= 0.3 is 0 Å². The molecule has 4 heteroatoms. The summed E-state index contributed by atoms with van der Waals surface area (Å²) in [6.07, 6.45) is 0. The van der Waals surface area contributed by atoms with Crippen LogP contribution in [0.3, 0.4) is 0 Å². The van der Waals surface area contributed by atoms with Crippen LogP contribution in [0.1, 0.15) is 0 Å². The summed E-state index contributed by atoms with van der Waals surface area (Å²) in [6.45, 7) is 0. The van der Waals surface area contributed by atoms with Gasteiger partial charge in [0.15, 0.2) is 17.5 Å². The Hall–Kier alpha value is -5.97. The summed E-state index contributed by atoms with van der Waals surface area (Å²) >= 11 is 1.79. The molecule has 2 aromatic heterocycles. The first-order valence-electron chi connectivity index (χ1n) is 15.8. The lowest BCUT2D eigenvalue weighted by atomic mass is 9.95. The number of nitrogens with zero attached hydrogens (tertiary/aromatic N) is 3. The van der Waals surface area contributed by atoms with E-state index in [-0.39, 0.29) is 0 Å². The molecule has 0 radical (unpaired) electrons. The lowest BCUT2D eigenvalue weighted by Crippen LogP contribution is -2.00. The van der Waals surface area contributed by atoms with Gasteiger partial charge in [-0.05, 0) is 61.3 Å². The molecular formula is C43H25N3S. The molecule has 0 aliphatic carbocycles. The van der Waals surface area contributed by atoms with Crippen molar-refractivity contribution in [1.29, 1.82) is 0 Å². The van der Waals surface area contributed by atoms with E-state index in [2.05, 4.69) is 152 Å². The van der Waals surface area contributed by atoms with Crippen LogP contribution in [-0.4, -0.2) is 15.0 Å². The van der Waals surface area contributed by atoms with Gasteiger partial charge in [0.25, 0.3) is 0 Å². The van der Waals surface area contributed by atoms with Gasteiger partial charge in [-0.3, -0.25) is 0 Å². The molecule has 0 spiro atoms. The third-order valence-electron chi connectivity index (χ3n) is 9.31. The second-order valence-electron chi connectivity index (χ2n) is 12.0. The largest absolute Gasteiger partial charge is 0.208 e. The van der Waals surface area contributed by atoms with Gasteiger partial charge < -0.3 is 0 Å². The normalized spacial score (nSPS) is 11.8. The molecule has 0 aliphatic heterocycles. The Kier molecular flexibility index (Phi) is 5.74. The third kappa shape index (κ3) is 4.16. The van der Waals surface area contributed by atoms with Gasteiger partial charge in [-0.25, -0.2) is 15.0 Å². The highest BCUT2D eigenvalue weighted by Gasteiger charge is 2.18. The first kappa shape index (κ1) is 26.3. The van der Waals surface area contributed by atoms with E-state index in [4.69, 9.17) is 15.0 Å². The minimum Gasteiger partial charge on any atom is -0.208 e. The average molecular weight is 616 g/mol. The first-order valence-corrected chi connectivity index (χ1v) is 16.6. The topological polar surface area (TPSA) is 38.7 Å². The molecule has 0 atom stereocenters. The van der Waals surface area contributed by atoms with Crippen LogP contribution in [0.15, 0.2) is 152 Å². The number of aromatic nitrogens is 3. The van der Waals surface area contributed by atoms with Crippen LogP contribution in [0, 0.1) is 0 Å². The molecule has 0 saturated carbocycles. The van der Waals surface area contributed by atoms with E-state index < -0.39 is 0 Å². The summed E-state index contributed by atoms with van der Waals surface area (Å²) in [5, 5.41) is 12.1. The van der Waals surface area contributed by atoms with Crippen LogP contribution in [0.25, 0.3) is 97.4 Å². The molecule has 0 N–H and O–H groups in total. The lowest BCUT2D eigenvalue weighted by molar-refractivity contribution is 1.08. The Balaban J connectivity index is 1.25. The van der Waals surface area contributed by atoms with Crippen molar-refractivity contribution in [3.05, 3.63) is 152 Å². The van der Waals surface area contributed by atoms with E-state index >= 15 is 0 Å². The van der Waals surface area contributed by atoms with E-state index in [0.717, 1.165) is 27.5 Å². The maximum absolute atomic E-state index is 5.25. The van der Waals surface area contributed by atoms with Crippen LogP contribution in [0.2, 0.25) is 0 Å². The molecule has 10 aromatic rings. The van der Waals surface area contributed by atoms with E-state index in [1.165, 1.54) is 52.5 Å². The van der Waals surface area contributed by atoms with Gasteiger partial charge in [0.2, 0.25) is 0 Å². The highest BCUT2D eigenvalue weighted by atomic mass is 32.1. The van der Waals surface area contributed by atoms with Gasteiger partial charge in [0.05, 0.1) is 0 Å². The zero-order valence-electron chi connectivity index (χ0n) is 25.2. The fourth-order valence-electron chi connectivity index (χ4n) is 7.05. The second-order valence-corrected chi connectivity index (χ2v) is 13.0. The molecule has 0 aliphatic rings. The Morgan fingerprint density at radius 3 is 1.81 bits per heavy atom. The Labute approximate surface area is 274 Å². The molecule has 8 aromatic carbocycles. The highest BCUT2D eigenvalue weighted by molar-refractivity contribution is 7.26. The zero-order valence-corrected chi connectivity index (χ0v) is 26.0. The standard InChI is InChI=1S/C43H25N3S/c1-2-11-28-25-29(20-19-26(28)9-1)41-44-42(46-43(45-41)38-17-8-15-36-35-13-5-6-18-39(35)47-40(36)38)37-16-7-14-31-33-22-21-27-10-3-4-12-30(27)32(33)23-24-34(31)37/h1-25H. The number of hydrogen-bond acceptors (Lipinski definition) is 4. The van der Waals surface area contributed by atoms with E-state index in [1.807, 2.05) is 0 Å². The SMILES string of the molecule is c1ccc2cc(-c3nc(-c4cccc5c4ccc4c6ccccc6ccc54)nc(-c4cccc5c4sc4ccccc45)n3)ccc2c1. The summed E-state index contributed by atoms with van der Waals surface area (Å²) in [5.74, 6) is 2.01. The van der Waals surface area contributed by atoms with Crippen LogP contribution >= 0.6 is 11.3 Å². The molecule has 0 unspecified atom stereocenters. The van der Waals surface area contributed by atoms with Crippen molar-refractivity contribution < 1.29 is 0 Å². The Morgan fingerprint density at radius 2 is 0.915 bits per heavy atom. The molecule has 0 bridgehead atoms. The van der Waals surface area contributed by atoms with Crippen LogP contribution < -0.4 is 0 Å². The quantitative estimate of drug-likeness (QED) is 0.186. The first-order chi connectivity index (χ1) is 23.3. The summed E-state index contributed by atoms with van der Waals surface area (Å²) in [5.41, 5.74) is 2.98. The van der Waals surface area contributed by atoms with E-state index in [9.17, 15) is 0 Å². The van der Waals surface area contributed by atoms with Crippen LogP contribution in [0.4, 0.5) is 0 Å². The smallest absolute Gasteiger partial charge is 0.165 e. The highest BCUT2D eigenvalue weighted by Crippen LogP contribution is 2.40. The molecular weight excluding hydrogens is 591 g/mol. The predicted octanol–water partition coefficient (Wildman–Crippen LogP) is 11.9. The number of fused-ring (bicyclic) bond motifs is 9. The molecule has 0 fully saturated rings. The molecule has 0 amide bonds. The second kappa shape index (κ2) is 10.3. The van der Waals surface area contributed by atoms with Crippen LogP contribution in [0.5, 0.6) is 0 Å². The molecule has 10 rings (SSSR count). The molecule has 218 valence electrons. The summed E-state index contributed by atoms with van der Waals surface area (Å²) < 4.78 is 2.44. The van der Waals surface area contributed by atoms with Crippen LogP contribution in [-0.2, 0) is 0 Å². The van der Waals surface area contributed by atoms with Gasteiger partial charge in [0.1, 0.15) is 0 Å². The van der Waals surface area contributed by atoms with Gasteiger partial charge in [-0.1, -0.05) is 133 Å². The maximum atomic E-state index is 5.25. The van der Waals surface area contributed by atoms with Crippen molar-refractivity contribution in [2.24, 2.45) is 0 Å². The van der Waals surface area contributed by atoms with Crippen molar-refractivity contribution in [2.75, 3.05) is 0 Å². The minimum absolute atomic E-state index is 0.664. The van der Waals surface area contributed by atoms with Crippen molar-refractivity contribution in [1.82, 2.24) is 15.0 Å². The minimum atomic E-state index is 0.664. The molecule has 3 nitrogen and oxygen atoms in total. The van der Waals surface area contributed by atoms with Crippen molar-refractivity contribution in [2.45, 2.75) is 0 Å². The molecule has 0 saturated heterocycles. The zero-order chi connectivity index (χ0) is 30.9. The monoisotopic (exact) mass is 615 g/mol. The van der Waals surface area contributed by atoms with E-state index in [0.29, 0.717) is 17.5 Å². The van der Waals surface area contributed by atoms with Gasteiger partial charge in [0, 0.05) is 36.9 Å².